The second kappa shape index (κ2) is 9.33. The number of amidine groups is 1. The number of hydrogen-bond acceptors (Lipinski definition) is 5. The van der Waals surface area contributed by atoms with E-state index in [0.29, 0.717) is 19.1 Å². The number of aryl methyl sites for hydroxylation is 1. The van der Waals surface area contributed by atoms with Crippen LogP contribution < -0.4 is 14.8 Å². The van der Waals surface area contributed by atoms with Gasteiger partial charge in [0.1, 0.15) is 23.0 Å². The predicted molar refractivity (Wildman–Crippen MR) is 129 cm³/mol. The minimum Gasteiger partial charge on any atom is -0.497 e. The van der Waals surface area contributed by atoms with E-state index in [-0.39, 0.29) is 6.03 Å². The molecule has 7 heteroatoms. The quantitative estimate of drug-likeness (QED) is 0.713. The number of amides is 2. The normalized spacial score (nSPS) is 18.4. The van der Waals surface area contributed by atoms with Gasteiger partial charge in [-0.05, 0) is 55.7 Å². The Bertz CT molecular complexity index is 1050. The molecule has 2 aromatic carbocycles. The number of ether oxygens (including phenoxy) is 2. The van der Waals surface area contributed by atoms with Gasteiger partial charge in [-0.25, -0.2) is 9.79 Å². The summed E-state index contributed by atoms with van der Waals surface area (Å²) in [5.74, 6) is 3.13. The second-order valence-electron chi connectivity index (χ2n) is 9.13. The SMILES string of the molecule is COc1ccc2c(c1)C(N1CCN(C(=O)NC3CCCCC3)CC1)=Nc1ccc(C)cc1O2. The zero-order valence-electron chi connectivity index (χ0n) is 19.5. The van der Waals surface area contributed by atoms with Crippen molar-refractivity contribution in [3.8, 4) is 17.2 Å². The van der Waals surface area contributed by atoms with Crippen molar-refractivity contribution >= 4 is 17.6 Å². The molecule has 7 nitrogen and oxygen atoms in total. The number of benzene rings is 2. The maximum atomic E-state index is 12.8. The monoisotopic (exact) mass is 448 g/mol. The van der Waals surface area contributed by atoms with Gasteiger partial charge in [0.25, 0.3) is 0 Å². The van der Waals surface area contributed by atoms with E-state index in [9.17, 15) is 4.79 Å². The lowest BCUT2D eigenvalue weighted by atomic mass is 9.96. The Kier molecular flexibility index (Phi) is 6.11. The first-order valence-electron chi connectivity index (χ1n) is 12.0. The van der Waals surface area contributed by atoms with Crippen LogP contribution in [0.5, 0.6) is 17.2 Å². The van der Waals surface area contributed by atoms with Gasteiger partial charge in [0.05, 0.1) is 12.7 Å². The standard InChI is InChI=1S/C26H32N4O3/c1-18-8-10-22-24(16-18)33-23-11-9-20(32-2)17-21(23)25(28-22)29-12-14-30(15-13-29)26(31)27-19-6-4-3-5-7-19/h8-11,16-17,19H,3-7,12-15H2,1-2H3,(H,27,31). The van der Waals surface area contributed by atoms with Crippen molar-refractivity contribution in [1.29, 1.82) is 0 Å². The van der Waals surface area contributed by atoms with E-state index in [0.717, 1.165) is 65.8 Å². The smallest absolute Gasteiger partial charge is 0.317 e. The lowest BCUT2D eigenvalue weighted by Gasteiger charge is -2.37. The maximum Gasteiger partial charge on any atom is 0.317 e. The van der Waals surface area contributed by atoms with Crippen LogP contribution in [0.25, 0.3) is 0 Å². The summed E-state index contributed by atoms with van der Waals surface area (Å²) >= 11 is 0. The van der Waals surface area contributed by atoms with E-state index in [1.807, 2.05) is 48.2 Å². The van der Waals surface area contributed by atoms with Gasteiger partial charge >= 0.3 is 6.03 Å². The van der Waals surface area contributed by atoms with E-state index in [1.54, 1.807) is 7.11 Å². The van der Waals surface area contributed by atoms with Gasteiger partial charge in [0.2, 0.25) is 0 Å². The zero-order chi connectivity index (χ0) is 22.8. The highest BCUT2D eigenvalue weighted by molar-refractivity contribution is 6.04. The molecule has 0 bridgehead atoms. The highest BCUT2D eigenvalue weighted by Crippen LogP contribution is 2.40. The van der Waals surface area contributed by atoms with Crippen molar-refractivity contribution in [2.75, 3.05) is 33.3 Å². The molecule has 0 radical (unpaired) electrons. The Labute approximate surface area is 195 Å². The number of fused-ring (bicyclic) bond motifs is 2. The Balaban J connectivity index is 1.36. The van der Waals surface area contributed by atoms with Crippen molar-refractivity contribution in [2.24, 2.45) is 4.99 Å². The number of urea groups is 1. The number of nitrogens with zero attached hydrogens (tertiary/aromatic N) is 3. The molecule has 2 heterocycles. The summed E-state index contributed by atoms with van der Waals surface area (Å²) in [6.07, 6.45) is 5.90. The van der Waals surface area contributed by atoms with Crippen LogP contribution >= 0.6 is 0 Å². The number of methoxy groups -OCH3 is 1. The first kappa shape index (κ1) is 21.6. The molecule has 0 aromatic heterocycles. The van der Waals surface area contributed by atoms with Gasteiger partial charge in [-0.1, -0.05) is 25.3 Å². The summed E-state index contributed by atoms with van der Waals surface area (Å²) in [4.78, 5) is 22.0. The lowest BCUT2D eigenvalue weighted by Crippen LogP contribution is -2.54. The summed E-state index contributed by atoms with van der Waals surface area (Å²) < 4.78 is 11.8. The number of carbonyl (C=O) groups excluding carboxylic acids is 1. The number of aliphatic imine (C=N–C) groups is 1. The molecule has 1 N–H and O–H groups in total. The van der Waals surface area contributed by atoms with Gasteiger partial charge in [-0.2, -0.15) is 0 Å². The molecule has 0 atom stereocenters. The third-order valence-electron chi connectivity index (χ3n) is 6.79. The number of hydrogen-bond donors (Lipinski definition) is 1. The molecule has 2 aromatic rings. The molecule has 5 rings (SSSR count). The van der Waals surface area contributed by atoms with E-state index < -0.39 is 0 Å². The fourth-order valence-electron chi connectivity index (χ4n) is 4.86. The van der Waals surface area contributed by atoms with Gasteiger partial charge in [0.15, 0.2) is 5.75 Å². The summed E-state index contributed by atoms with van der Waals surface area (Å²) in [5, 5.41) is 3.24. The number of carbonyl (C=O) groups is 1. The van der Waals surface area contributed by atoms with Crippen molar-refractivity contribution in [1.82, 2.24) is 15.1 Å². The summed E-state index contributed by atoms with van der Waals surface area (Å²) in [5.41, 5.74) is 2.84. The fourth-order valence-corrected chi connectivity index (χ4v) is 4.86. The highest BCUT2D eigenvalue weighted by Gasteiger charge is 2.29. The van der Waals surface area contributed by atoms with Gasteiger partial charge < -0.3 is 24.6 Å². The number of piperazine rings is 1. The molecule has 3 aliphatic rings. The molecule has 2 fully saturated rings. The molecule has 2 amide bonds. The Morgan fingerprint density at radius 3 is 2.58 bits per heavy atom. The van der Waals surface area contributed by atoms with Gasteiger partial charge in [0, 0.05) is 32.2 Å². The Morgan fingerprint density at radius 2 is 1.82 bits per heavy atom. The van der Waals surface area contributed by atoms with E-state index in [2.05, 4.69) is 10.2 Å². The summed E-state index contributed by atoms with van der Waals surface area (Å²) in [6.45, 7) is 4.81. The molecule has 1 saturated carbocycles. The van der Waals surface area contributed by atoms with Crippen LogP contribution in [0.2, 0.25) is 0 Å². The highest BCUT2D eigenvalue weighted by atomic mass is 16.5. The van der Waals surface area contributed by atoms with Crippen molar-refractivity contribution in [3.63, 3.8) is 0 Å². The van der Waals surface area contributed by atoms with Crippen LogP contribution in [-0.4, -0.2) is 61.0 Å². The first-order chi connectivity index (χ1) is 16.1. The lowest BCUT2D eigenvalue weighted by molar-refractivity contribution is 0.164. The van der Waals surface area contributed by atoms with Gasteiger partial charge in [-0.3, -0.25) is 0 Å². The van der Waals surface area contributed by atoms with Crippen LogP contribution in [0, 0.1) is 6.92 Å². The van der Waals surface area contributed by atoms with Crippen molar-refractivity contribution in [3.05, 3.63) is 47.5 Å². The Morgan fingerprint density at radius 1 is 1.03 bits per heavy atom. The van der Waals surface area contributed by atoms with Crippen molar-refractivity contribution in [2.45, 2.75) is 45.1 Å². The van der Waals surface area contributed by atoms with E-state index in [4.69, 9.17) is 14.5 Å². The third kappa shape index (κ3) is 4.63. The zero-order valence-corrected chi connectivity index (χ0v) is 19.5. The molecule has 2 aliphatic heterocycles. The minimum atomic E-state index is 0.0654. The largest absolute Gasteiger partial charge is 0.497 e. The predicted octanol–water partition coefficient (Wildman–Crippen LogP) is 4.85. The van der Waals surface area contributed by atoms with Gasteiger partial charge in [-0.15, -0.1) is 0 Å². The van der Waals surface area contributed by atoms with E-state index in [1.165, 1.54) is 19.3 Å². The average Bonchev–Trinajstić information content (AvgIpc) is 3.00. The molecular weight excluding hydrogens is 416 g/mol. The summed E-state index contributed by atoms with van der Waals surface area (Å²) in [6, 6.07) is 12.3. The van der Waals surface area contributed by atoms with Crippen LogP contribution in [0.15, 0.2) is 41.4 Å². The molecular formula is C26H32N4O3. The van der Waals surface area contributed by atoms with Crippen molar-refractivity contribution < 1.29 is 14.3 Å². The number of rotatable bonds is 2. The maximum absolute atomic E-state index is 12.8. The third-order valence-corrected chi connectivity index (χ3v) is 6.79. The Hall–Kier alpha value is -3.22. The summed E-state index contributed by atoms with van der Waals surface area (Å²) in [7, 11) is 1.66. The second-order valence-corrected chi connectivity index (χ2v) is 9.13. The average molecular weight is 449 g/mol. The van der Waals surface area contributed by atoms with Crippen LogP contribution in [0.1, 0.15) is 43.2 Å². The van der Waals surface area contributed by atoms with Crippen LogP contribution in [0.3, 0.4) is 0 Å². The van der Waals surface area contributed by atoms with Crippen LogP contribution in [0.4, 0.5) is 10.5 Å². The first-order valence-corrected chi connectivity index (χ1v) is 12.0. The topological polar surface area (TPSA) is 66.4 Å². The fraction of sp³-hybridized carbons (Fsp3) is 0.462. The molecule has 174 valence electrons. The van der Waals surface area contributed by atoms with E-state index >= 15 is 0 Å². The molecule has 0 unspecified atom stereocenters. The van der Waals surface area contributed by atoms with Crippen LogP contribution in [-0.2, 0) is 0 Å². The molecule has 1 aliphatic carbocycles. The molecule has 0 spiro atoms. The molecule has 1 saturated heterocycles. The number of nitrogens with one attached hydrogen (secondary N) is 1. The molecule has 33 heavy (non-hydrogen) atoms. The minimum absolute atomic E-state index is 0.0654.